The number of allylic oxidation sites excluding steroid dienone is 1. The largest absolute Gasteiger partial charge is 0.288 e. The molecule has 1 amide bonds. The number of carbonyl (C=O) groups is 1. The Hall–Kier alpha value is -1.35. The Bertz CT molecular complexity index is 389. The summed E-state index contributed by atoms with van der Waals surface area (Å²) in [5.41, 5.74) is 3.95. The van der Waals surface area contributed by atoms with Gasteiger partial charge in [0.05, 0.1) is 7.05 Å². The van der Waals surface area contributed by atoms with Crippen LogP contribution in [-0.2, 0) is 4.79 Å². The highest BCUT2D eigenvalue weighted by Gasteiger charge is 2.27. The van der Waals surface area contributed by atoms with Gasteiger partial charge in [-0.25, -0.2) is 0 Å². The molecule has 24 heavy (non-hydrogen) atoms. The third-order valence-electron chi connectivity index (χ3n) is 4.58. The van der Waals surface area contributed by atoms with Gasteiger partial charge in [0, 0.05) is 12.5 Å². The highest BCUT2D eigenvalue weighted by atomic mass is 16.2. The van der Waals surface area contributed by atoms with E-state index >= 15 is 0 Å². The minimum Gasteiger partial charge on any atom is -0.265 e. The van der Waals surface area contributed by atoms with E-state index in [1.807, 2.05) is 13.1 Å². The molecule has 0 rings (SSSR count). The maximum absolute atomic E-state index is 11.7. The average molecular weight is 336 g/mol. The molecule has 3 heteroatoms. The summed E-state index contributed by atoms with van der Waals surface area (Å²) >= 11 is 0. The first-order valence-corrected chi connectivity index (χ1v) is 9.59. The maximum atomic E-state index is 11.7. The second-order valence-electron chi connectivity index (χ2n) is 6.84. The van der Waals surface area contributed by atoms with Crippen LogP contribution in [-0.4, -0.2) is 24.1 Å². The molecule has 1 unspecified atom stereocenters. The average Bonchev–Trinajstić information content (AvgIpc) is 2.56. The second-order valence-corrected chi connectivity index (χ2v) is 6.84. The van der Waals surface area contributed by atoms with Crippen LogP contribution in [0.3, 0.4) is 0 Å². The van der Waals surface area contributed by atoms with E-state index in [0.717, 1.165) is 18.7 Å². The molecule has 0 aliphatic rings. The van der Waals surface area contributed by atoms with E-state index in [2.05, 4.69) is 32.1 Å². The van der Waals surface area contributed by atoms with Gasteiger partial charge >= 0.3 is 0 Å². The second kappa shape index (κ2) is 14.0. The topological polar surface area (TPSA) is 29.1 Å². The molecular formula is C21H39N2O+. The van der Waals surface area contributed by atoms with Gasteiger partial charge in [-0.2, -0.15) is 10.0 Å². The number of amides is 1. The standard InChI is InChI=1S/C21H38N2O/c1-6-9-10-11-12-13-14-15-16-17-19-23(5,20(4)18-7-2)22-21(24)8-3/h7-8H,2-4,6,9-19H2,1,5H3/p+1. The highest BCUT2D eigenvalue weighted by molar-refractivity contribution is 5.85. The van der Waals surface area contributed by atoms with Crippen molar-refractivity contribution in [1.82, 2.24) is 5.43 Å². The maximum Gasteiger partial charge on any atom is 0.288 e. The summed E-state index contributed by atoms with van der Waals surface area (Å²) in [6.45, 7) is 14.5. The van der Waals surface area contributed by atoms with Crippen LogP contribution in [0.1, 0.15) is 77.6 Å². The van der Waals surface area contributed by atoms with E-state index in [-0.39, 0.29) is 5.91 Å². The van der Waals surface area contributed by atoms with Gasteiger partial charge in [-0.15, -0.1) is 6.58 Å². The van der Waals surface area contributed by atoms with Crippen molar-refractivity contribution >= 4 is 5.91 Å². The molecule has 0 saturated heterocycles. The number of carbonyl (C=O) groups excluding carboxylic acids is 1. The van der Waals surface area contributed by atoms with Crippen molar-refractivity contribution in [2.24, 2.45) is 0 Å². The van der Waals surface area contributed by atoms with Gasteiger partial charge in [-0.3, -0.25) is 4.79 Å². The van der Waals surface area contributed by atoms with Crippen molar-refractivity contribution < 1.29 is 9.39 Å². The van der Waals surface area contributed by atoms with E-state index in [1.54, 1.807) is 0 Å². The van der Waals surface area contributed by atoms with Gasteiger partial charge in [0.2, 0.25) is 0 Å². The fraction of sp³-hybridized carbons (Fsp3) is 0.667. The summed E-state index contributed by atoms with van der Waals surface area (Å²) in [5, 5.41) is 0. The Morgan fingerprint density at radius 1 is 0.958 bits per heavy atom. The van der Waals surface area contributed by atoms with E-state index in [9.17, 15) is 4.79 Å². The van der Waals surface area contributed by atoms with Crippen molar-refractivity contribution in [1.29, 1.82) is 0 Å². The van der Waals surface area contributed by atoms with E-state index in [1.165, 1.54) is 63.9 Å². The Labute approximate surface area is 150 Å². The van der Waals surface area contributed by atoms with Crippen molar-refractivity contribution in [2.45, 2.75) is 77.6 Å². The number of rotatable bonds is 16. The molecule has 0 spiro atoms. The van der Waals surface area contributed by atoms with Crippen LogP contribution < -0.4 is 5.43 Å². The van der Waals surface area contributed by atoms with Crippen molar-refractivity contribution in [3.05, 3.63) is 37.6 Å². The first-order valence-electron chi connectivity index (χ1n) is 9.59. The van der Waals surface area contributed by atoms with Gasteiger partial charge in [0.15, 0.2) is 0 Å². The smallest absolute Gasteiger partial charge is 0.265 e. The van der Waals surface area contributed by atoms with Crippen LogP contribution in [0.5, 0.6) is 0 Å². The first-order chi connectivity index (χ1) is 11.5. The molecule has 0 heterocycles. The summed E-state index contributed by atoms with van der Waals surface area (Å²) < 4.78 is 0.369. The van der Waals surface area contributed by atoms with Crippen LogP contribution in [0, 0.1) is 0 Å². The van der Waals surface area contributed by atoms with Crippen LogP contribution >= 0.6 is 0 Å². The lowest BCUT2D eigenvalue weighted by Crippen LogP contribution is -2.56. The molecule has 0 aromatic rings. The van der Waals surface area contributed by atoms with Crippen LogP contribution in [0.15, 0.2) is 37.6 Å². The van der Waals surface area contributed by atoms with E-state index in [0.29, 0.717) is 11.0 Å². The molecular weight excluding hydrogens is 296 g/mol. The molecule has 0 aromatic carbocycles. The summed E-state index contributed by atoms with van der Waals surface area (Å²) in [4.78, 5) is 11.7. The number of nitrogens with one attached hydrogen (secondary N) is 1. The molecule has 1 atom stereocenters. The van der Waals surface area contributed by atoms with E-state index < -0.39 is 0 Å². The van der Waals surface area contributed by atoms with Crippen molar-refractivity contribution in [2.75, 3.05) is 13.6 Å². The van der Waals surface area contributed by atoms with Gasteiger partial charge in [0.25, 0.3) is 5.91 Å². The number of hydrogen-bond donors (Lipinski definition) is 1. The van der Waals surface area contributed by atoms with Crippen LogP contribution in [0.4, 0.5) is 0 Å². The third kappa shape index (κ3) is 10.4. The molecule has 1 N–H and O–H groups in total. The lowest BCUT2D eigenvalue weighted by Gasteiger charge is -2.34. The molecule has 0 aliphatic heterocycles. The summed E-state index contributed by atoms with van der Waals surface area (Å²) in [6.07, 6.45) is 16.9. The minimum absolute atomic E-state index is 0.158. The molecule has 0 saturated carbocycles. The molecule has 0 radical (unpaired) electrons. The SMILES string of the molecule is C=CCC(=C)[N+](C)(CCCCCCCCCCCC)NC(=O)C=C. The molecule has 3 nitrogen and oxygen atoms in total. The zero-order chi connectivity index (χ0) is 18.3. The number of quaternary nitrogens is 1. The fourth-order valence-electron chi connectivity index (χ4n) is 2.87. The lowest BCUT2D eigenvalue weighted by molar-refractivity contribution is -0.908. The fourth-order valence-corrected chi connectivity index (χ4v) is 2.87. The molecule has 0 aliphatic carbocycles. The predicted octanol–water partition coefficient (Wildman–Crippen LogP) is 5.66. The van der Waals surface area contributed by atoms with Gasteiger partial charge in [-0.05, 0) is 19.4 Å². The Kier molecular flexibility index (Phi) is 13.2. The minimum atomic E-state index is -0.158. The normalized spacial score (nSPS) is 13.1. The Morgan fingerprint density at radius 3 is 1.92 bits per heavy atom. The molecule has 0 bridgehead atoms. The number of unbranched alkanes of at least 4 members (excludes halogenated alkanes) is 9. The highest BCUT2D eigenvalue weighted by Crippen LogP contribution is 2.17. The van der Waals surface area contributed by atoms with Gasteiger partial charge in [0.1, 0.15) is 12.2 Å². The quantitative estimate of drug-likeness (QED) is 0.127. The van der Waals surface area contributed by atoms with Crippen molar-refractivity contribution in [3.8, 4) is 0 Å². The first kappa shape index (κ1) is 22.6. The third-order valence-corrected chi connectivity index (χ3v) is 4.58. The predicted molar refractivity (Wildman–Crippen MR) is 105 cm³/mol. The van der Waals surface area contributed by atoms with Crippen molar-refractivity contribution in [3.63, 3.8) is 0 Å². The lowest BCUT2D eigenvalue weighted by atomic mass is 10.1. The number of hydrogen-bond acceptors (Lipinski definition) is 1. The number of nitrogens with zero attached hydrogens (tertiary/aromatic N) is 1. The van der Waals surface area contributed by atoms with Gasteiger partial charge in [-0.1, -0.05) is 70.9 Å². The Balaban J connectivity index is 4.02. The summed E-state index contributed by atoms with van der Waals surface area (Å²) in [5.74, 6) is -0.158. The summed E-state index contributed by atoms with van der Waals surface area (Å²) in [7, 11) is 2.00. The monoisotopic (exact) mass is 335 g/mol. The van der Waals surface area contributed by atoms with Crippen LogP contribution in [0.25, 0.3) is 0 Å². The zero-order valence-electron chi connectivity index (χ0n) is 16.1. The Morgan fingerprint density at radius 2 is 1.46 bits per heavy atom. The van der Waals surface area contributed by atoms with Gasteiger partial charge < -0.3 is 0 Å². The van der Waals surface area contributed by atoms with Crippen LogP contribution in [0.2, 0.25) is 0 Å². The molecule has 0 aromatic heterocycles. The summed E-state index contributed by atoms with van der Waals surface area (Å²) in [6, 6.07) is 0. The molecule has 0 fully saturated rings. The van der Waals surface area contributed by atoms with E-state index in [4.69, 9.17) is 0 Å². The molecule has 138 valence electrons. The zero-order valence-corrected chi connectivity index (χ0v) is 16.1.